The van der Waals surface area contributed by atoms with E-state index in [4.69, 9.17) is 4.74 Å². The lowest BCUT2D eigenvalue weighted by molar-refractivity contribution is -0.122. The summed E-state index contributed by atoms with van der Waals surface area (Å²) in [6, 6.07) is 16.6. The van der Waals surface area contributed by atoms with Crippen LogP contribution >= 0.6 is 0 Å². The number of carbonyl (C=O) groups excluding carboxylic acids is 2. The van der Waals surface area contributed by atoms with Crippen molar-refractivity contribution in [1.82, 2.24) is 15.1 Å². The van der Waals surface area contributed by atoms with E-state index in [9.17, 15) is 9.59 Å². The van der Waals surface area contributed by atoms with Crippen molar-refractivity contribution >= 4 is 17.5 Å². The summed E-state index contributed by atoms with van der Waals surface area (Å²) in [6.07, 6.45) is 3.71. The third kappa shape index (κ3) is 5.18. The van der Waals surface area contributed by atoms with Crippen LogP contribution in [0.15, 0.2) is 67.0 Å². The number of carbonyl (C=O) groups is 2. The quantitative estimate of drug-likeness (QED) is 0.673. The van der Waals surface area contributed by atoms with Gasteiger partial charge < -0.3 is 15.4 Å². The number of hydrogen-bond acceptors (Lipinski definition) is 4. The van der Waals surface area contributed by atoms with Gasteiger partial charge in [-0.25, -0.2) is 4.68 Å². The van der Waals surface area contributed by atoms with Gasteiger partial charge in [0.2, 0.25) is 5.91 Å². The number of nitrogens with zero attached hydrogens (tertiary/aromatic N) is 2. The maximum Gasteiger partial charge on any atom is 0.257 e. The summed E-state index contributed by atoms with van der Waals surface area (Å²) in [7, 11) is 1.54. The number of para-hydroxylation sites is 1. The number of likely N-dealkylation sites (N-methyl/N-ethyl adjacent to an activating group) is 1. The van der Waals surface area contributed by atoms with Gasteiger partial charge in [-0.2, -0.15) is 5.10 Å². The van der Waals surface area contributed by atoms with E-state index in [1.165, 1.54) is 0 Å². The predicted octanol–water partition coefficient (Wildman–Crippen LogP) is 2.18. The molecule has 0 aliphatic rings. The van der Waals surface area contributed by atoms with Crippen molar-refractivity contribution in [2.45, 2.75) is 6.42 Å². The Balaban J connectivity index is 1.58. The first-order valence-electron chi connectivity index (χ1n) is 8.46. The van der Waals surface area contributed by atoms with Crippen LogP contribution in [0.5, 0.6) is 5.75 Å². The van der Waals surface area contributed by atoms with Gasteiger partial charge in [0, 0.05) is 25.0 Å². The fourth-order valence-electron chi connectivity index (χ4n) is 2.45. The Labute approximate surface area is 157 Å². The monoisotopic (exact) mass is 364 g/mol. The van der Waals surface area contributed by atoms with Crippen molar-refractivity contribution in [3.05, 3.63) is 72.6 Å². The summed E-state index contributed by atoms with van der Waals surface area (Å²) in [5, 5.41) is 9.59. The number of benzene rings is 2. The van der Waals surface area contributed by atoms with Gasteiger partial charge in [-0.15, -0.1) is 0 Å². The van der Waals surface area contributed by atoms with E-state index >= 15 is 0 Å². The molecular weight excluding hydrogens is 344 g/mol. The number of ether oxygens (including phenoxy) is 1. The van der Waals surface area contributed by atoms with Crippen LogP contribution in [0.25, 0.3) is 5.69 Å². The van der Waals surface area contributed by atoms with Gasteiger partial charge in [0.25, 0.3) is 5.91 Å². The molecule has 138 valence electrons. The van der Waals surface area contributed by atoms with Crippen LogP contribution in [0.2, 0.25) is 0 Å². The van der Waals surface area contributed by atoms with Crippen LogP contribution in [-0.2, 0) is 16.0 Å². The zero-order valence-electron chi connectivity index (χ0n) is 14.9. The van der Waals surface area contributed by atoms with Crippen LogP contribution in [0.4, 0.5) is 5.69 Å². The largest absolute Gasteiger partial charge is 0.484 e. The van der Waals surface area contributed by atoms with Crippen LogP contribution < -0.4 is 15.4 Å². The van der Waals surface area contributed by atoms with Crippen LogP contribution in [0.3, 0.4) is 0 Å². The molecular formula is C20H20N4O3. The van der Waals surface area contributed by atoms with E-state index in [2.05, 4.69) is 15.7 Å². The average Bonchev–Trinajstić information content (AvgIpc) is 3.15. The minimum Gasteiger partial charge on any atom is -0.484 e. The minimum atomic E-state index is -0.222. The van der Waals surface area contributed by atoms with E-state index in [1.54, 1.807) is 42.2 Å². The average molecular weight is 364 g/mol. The highest BCUT2D eigenvalue weighted by Gasteiger charge is 2.08. The molecule has 3 aromatic rings. The molecule has 0 aliphatic carbocycles. The molecule has 0 unspecified atom stereocenters. The van der Waals surface area contributed by atoms with Gasteiger partial charge in [0.15, 0.2) is 6.61 Å². The Morgan fingerprint density at radius 2 is 1.89 bits per heavy atom. The fourth-order valence-corrected chi connectivity index (χ4v) is 2.45. The van der Waals surface area contributed by atoms with E-state index in [0.717, 1.165) is 11.3 Å². The Kier molecular flexibility index (Phi) is 5.84. The minimum absolute atomic E-state index is 0.0768. The van der Waals surface area contributed by atoms with Crippen LogP contribution in [-0.4, -0.2) is 35.2 Å². The SMILES string of the molecule is CNC(=O)COc1cccc(NC(=O)Cc2cnn(-c3ccccc3)c2)c1. The first-order valence-corrected chi connectivity index (χ1v) is 8.46. The molecule has 0 spiro atoms. The molecule has 7 heteroatoms. The highest BCUT2D eigenvalue weighted by molar-refractivity contribution is 5.92. The molecule has 0 bridgehead atoms. The van der Waals surface area contributed by atoms with E-state index < -0.39 is 0 Å². The van der Waals surface area contributed by atoms with Crippen molar-refractivity contribution in [2.24, 2.45) is 0 Å². The standard InChI is InChI=1S/C20H20N4O3/c1-21-20(26)14-27-18-9-5-6-16(11-18)23-19(25)10-15-12-22-24(13-15)17-7-3-2-4-8-17/h2-9,11-13H,10,14H2,1H3,(H,21,26)(H,23,25). The Morgan fingerprint density at radius 1 is 1.07 bits per heavy atom. The zero-order valence-corrected chi connectivity index (χ0v) is 14.9. The first-order chi connectivity index (χ1) is 13.1. The molecule has 0 saturated carbocycles. The summed E-state index contributed by atoms with van der Waals surface area (Å²) < 4.78 is 7.11. The third-order valence-corrected chi connectivity index (χ3v) is 3.79. The molecule has 7 nitrogen and oxygen atoms in total. The summed E-state index contributed by atoms with van der Waals surface area (Å²) in [5.41, 5.74) is 2.35. The first kappa shape index (κ1) is 18.2. The molecule has 1 aromatic heterocycles. The van der Waals surface area contributed by atoms with Gasteiger partial charge in [0.1, 0.15) is 5.75 Å². The topological polar surface area (TPSA) is 85.2 Å². The summed E-state index contributed by atoms with van der Waals surface area (Å²) in [5.74, 6) is 0.124. The fraction of sp³-hybridized carbons (Fsp3) is 0.150. The lowest BCUT2D eigenvalue weighted by Crippen LogP contribution is -2.24. The molecule has 2 aromatic carbocycles. The van der Waals surface area contributed by atoms with Crippen molar-refractivity contribution in [3.63, 3.8) is 0 Å². The summed E-state index contributed by atoms with van der Waals surface area (Å²) >= 11 is 0. The van der Waals surface area contributed by atoms with Crippen molar-refractivity contribution < 1.29 is 14.3 Å². The number of rotatable bonds is 7. The molecule has 0 radical (unpaired) electrons. The Bertz CT molecular complexity index is 922. The number of hydrogen-bond donors (Lipinski definition) is 2. The lowest BCUT2D eigenvalue weighted by atomic mass is 10.2. The van der Waals surface area contributed by atoms with Gasteiger partial charge in [-0.3, -0.25) is 9.59 Å². The molecule has 1 heterocycles. The molecule has 27 heavy (non-hydrogen) atoms. The third-order valence-electron chi connectivity index (χ3n) is 3.79. The molecule has 0 fully saturated rings. The van der Waals surface area contributed by atoms with Gasteiger partial charge in [-0.05, 0) is 29.8 Å². The van der Waals surface area contributed by atoms with E-state index in [0.29, 0.717) is 11.4 Å². The molecule has 0 atom stereocenters. The number of anilines is 1. The highest BCUT2D eigenvalue weighted by atomic mass is 16.5. The molecule has 2 amide bonds. The van der Waals surface area contributed by atoms with Gasteiger partial charge in [0.05, 0.1) is 18.3 Å². The predicted molar refractivity (Wildman–Crippen MR) is 102 cm³/mol. The van der Waals surface area contributed by atoms with E-state index in [1.807, 2.05) is 36.5 Å². The van der Waals surface area contributed by atoms with Crippen molar-refractivity contribution in [2.75, 3.05) is 19.0 Å². The normalized spacial score (nSPS) is 10.3. The highest BCUT2D eigenvalue weighted by Crippen LogP contribution is 2.18. The van der Waals surface area contributed by atoms with Crippen LogP contribution in [0.1, 0.15) is 5.56 Å². The number of aromatic nitrogens is 2. The van der Waals surface area contributed by atoms with E-state index in [-0.39, 0.29) is 24.8 Å². The second kappa shape index (κ2) is 8.66. The Morgan fingerprint density at radius 3 is 2.67 bits per heavy atom. The lowest BCUT2D eigenvalue weighted by Gasteiger charge is -2.08. The molecule has 0 saturated heterocycles. The van der Waals surface area contributed by atoms with Gasteiger partial charge in [-0.1, -0.05) is 24.3 Å². The summed E-state index contributed by atoms with van der Waals surface area (Å²) in [4.78, 5) is 23.5. The maximum absolute atomic E-state index is 12.3. The van der Waals surface area contributed by atoms with Crippen molar-refractivity contribution in [1.29, 1.82) is 0 Å². The van der Waals surface area contributed by atoms with Gasteiger partial charge >= 0.3 is 0 Å². The molecule has 3 rings (SSSR count). The smallest absolute Gasteiger partial charge is 0.257 e. The summed E-state index contributed by atoms with van der Waals surface area (Å²) in [6.45, 7) is -0.0768. The maximum atomic E-state index is 12.3. The van der Waals surface area contributed by atoms with Crippen LogP contribution in [0, 0.1) is 0 Å². The zero-order chi connectivity index (χ0) is 19.1. The second-order valence-electron chi connectivity index (χ2n) is 5.84. The molecule has 2 N–H and O–H groups in total. The molecule has 0 aliphatic heterocycles. The Hall–Kier alpha value is -3.61. The number of amides is 2. The second-order valence-corrected chi connectivity index (χ2v) is 5.84. The number of nitrogens with one attached hydrogen (secondary N) is 2. The van der Waals surface area contributed by atoms with Crippen molar-refractivity contribution in [3.8, 4) is 11.4 Å².